The third-order valence-electron chi connectivity index (χ3n) is 2.50. The van der Waals surface area contributed by atoms with Crippen molar-refractivity contribution in [2.75, 3.05) is 6.54 Å². The number of guanidine groups is 1. The largest absolute Gasteiger partial charge is 0.391 e. The van der Waals surface area contributed by atoms with Crippen LogP contribution in [0.1, 0.15) is 33.1 Å². The van der Waals surface area contributed by atoms with Gasteiger partial charge in [-0.25, -0.2) is 9.59 Å². The maximum absolute atomic E-state index is 11.6. The van der Waals surface area contributed by atoms with Gasteiger partial charge in [-0.3, -0.25) is 4.99 Å². The fraction of sp³-hybridized carbons (Fsp3) is 0.750. The highest BCUT2D eigenvalue weighted by molar-refractivity contribution is 5.90. The number of nitrogens with two attached hydrogens (primary N) is 4. The molecule has 20 heavy (non-hydrogen) atoms. The maximum atomic E-state index is 11.6. The number of hydrogen-bond donors (Lipinski definition) is 4. The normalized spacial score (nSPS) is 13.7. The third-order valence-corrected chi connectivity index (χ3v) is 2.50. The van der Waals surface area contributed by atoms with Crippen LogP contribution in [-0.4, -0.2) is 36.5 Å². The Morgan fingerprint density at radius 1 is 1.10 bits per heavy atom. The van der Waals surface area contributed by atoms with Gasteiger partial charge >= 0.3 is 11.9 Å². The second-order valence-electron chi connectivity index (χ2n) is 5.03. The van der Waals surface area contributed by atoms with Gasteiger partial charge < -0.3 is 27.7 Å². The Hall–Kier alpha value is -1.67. The van der Waals surface area contributed by atoms with Crippen LogP contribution in [0.25, 0.3) is 0 Å². The lowest BCUT2D eigenvalue weighted by molar-refractivity contribution is -0.161. The molecule has 0 heterocycles. The van der Waals surface area contributed by atoms with E-state index in [1.807, 2.05) is 13.8 Å². The van der Waals surface area contributed by atoms with E-state index in [-0.39, 0.29) is 11.9 Å². The average molecular weight is 287 g/mol. The van der Waals surface area contributed by atoms with Crippen molar-refractivity contribution in [3.63, 3.8) is 0 Å². The van der Waals surface area contributed by atoms with E-state index < -0.39 is 24.0 Å². The van der Waals surface area contributed by atoms with E-state index in [4.69, 9.17) is 22.9 Å². The van der Waals surface area contributed by atoms with Crippen molar-refractivity contribution in [2.24, 2.45) is 33.8 Å². The topological polar surface area (TPSA) is 160 Å². The molecule has 8 heteroatoms. The Kier molecular flexibility index (Phi) is 8.49. The Morgan fingerprint density at radius 2 is 1.65 bits per heavy atom. The van der Waals surface area contributed by atoms with Crippen LogP contribution in [0.15, 0.2) is 4.99 Å². The van der Waals surface area contributed by atoms with Gasteiger partial charge in [-0.05, 0) is 25.2 Å². The van der Waals surface area contributed by atoms with Crippen molar-refractivity contribution in [1.29, 1.82) is 0 Å². The quantitative estimate of drug-likeness (QED) is 0.143. The Bertz CT molecular complexity index is 353. The summed E-state index contributed by atoms with van der Waals surface area (Å²) in [6, 6.07) is -1.70. The second-order valence-corrected chi connectivity index (χ2v) is 5.03. The van der Waals surface area contributed by atoms with Crippen LogP contribution >= 0.6 is 0 Å². The number of hydrogen-bond acceptors (Lipinski definition) is 6. The molecule has 0 aliphatic heterocycles. The van der Waals surface area contributed by atoms with Crippen molar-refractivity contribution in [2.45, 2.75) is 45.2 Å². The number of carbonyl (C=O) groups is 2. The molecule has 0 spiro atoms. The zero-order valence-corrected chi connectivity index (χ0v) is 12.0. The molecule has 2 atom stereocenters. The van der Waals surface area contributed by atoms with Crippen LogP contribution in [-0.2, 0) is 14.3 Å². The highest BCUT2D eigenvalue weighted by Gasteiger charge is 2.23. The molecule has 0 amide bonds. The van der Waals surface area contributed by atoms with Gasteiger partial charge in [-0.1, -0.05) is 13.8 Å². The van der Waals surface area contributed by atoms with Crippen molar-refractivity contribution in [1.82, 2.24) is 0 Å². The van der Waals surface area contributed by atoms with Gasteiger partial charge in [0.15, 0.2) is 5.96 Å². The molecular weight excluding hydrogens is 262 g/mol. The van der Waals surface area contributed by atoms with Crippen LogP contribution in [0.4, 0.5) is 0 Å². The number of aliphatic imine (C=N–C) groups is 1. The molecule has 0 aliphatic rings. The minimum atomic E-state index is -0.889. The highest BCUT2D eigenvalue weighted by Crippen LogP contribution is 2.05. The number of nitrogens with zero attached hydrogens (tertiary/aromatic N) is 1. The first kappa shape index (κ1) is 18.3. The molecule has 8 nitrogen and oxygen atoms in total. The Morgan fingerprint density at radius 3 is 2.15 bits per heavy atom. The Balaban J connectivity index is 4.06. The standard InChI is InChI=1S/C12H25N5O3/c1-7(2)6-9(14)11(19)20-10(18)8(13)4-3-5-17-12(15)16/h7-9H,3-6,13-14H2,1-2H3,(H4,15,16,17)/t8-,9-/m0/s1. The van der Waals surface area contributed by atoms with Gasteiger partial charge in [-0.15, -0.1) is 0 Å². The van der Waals surface area contributed by atoms with E-state index in [0.29, 0.717) is 25.8 Å². The van der Waals surface area contributed by atoms with Crippen molar-refractivity contribution < 1.29 is 14.3 Å². The lowest BCUT2D eigenvalue weighted by Crippen LogP contribution is -2.40. The molecule has 8 N–H and O–H groups in total. The molecule has 0 saturated heterocycles. The van der Waals surface area contributed by atoms with E-state index >= 15 is 0 Å². The predicted molar refractivity (Wildman–Crippen MR) is 76.4 cm³/mol. The first-order chi connectivity index (χ1) is 9.23. The number of rotatable bonds is 8. The summed E-state index contributed by atoms with van der Waals surface area (Å²) in [7, 11) is 0. The van der Waals surface area contributed by atoms with Crippen LogP contribution in [0.5, 0.6) is 0 Å². The molecule has 0 fully saturated rings. The van der Waals surface area contributed by atoms with E-state index in [0.717, 1.165) is 0 Å². The van der Waals surface area contributed by atoms with Crippen molar-refractivity contribution in [3.8, 4) is 0 Å². The average Bonchev–Trinajstić information content (AvgIpc) is 2.32. The van der Waals surface area contributed by atoms with E-state index in [9.17, 15) is 9.59 Å². The summed E-state index contributed by atoms with van der Waals surface area (Å²) in [4.78, 5) is 26.9. The molecule has 0 aliphatic carbocycles. The lowest BCUT2D eigenvalue weighted by atomic mass is 10.0. The molecule has 116 valence electrons. The first-order valence-corrected chi connectivity index (χ1v) is 6.56. The molecule has 0 aromatic rings. The molecule has 0 saturated carbocycles. The molecule has 0 aromatic heterocycles. The van der Waals surface area contributed by atoms with Gasteiger partial charge in [0.2, 0.25) is 0 Å². The van der Waals surface area contributed by atoms with Gasteiger partial charge in [0.05, 0.1) is 0 Å². The summed E-state index contributed by atoms with van der Waals surface area (Å²) in [5.41, 5.74) is 21.5. The SMILES string of the molecule is CC(C)C[C@H](N)C(=O)OC(=O)[C@@H](N)CCCN=C(N)N. The summed E-state index contributed by atoms with van der Waals surface area (Å²) in [6.45, 7) is 4.21. The minimum Gasteiger partial charge on any atom is -0.391 e. The number of ether oxygens (including phenoxy) is 1. The summed E-state index contributed by atoms with van der Waals surface area (Å²) in [5, 5.41) is 0. The summed E-state index contributed by atoms with van der Waals surface area (Å²) < 4.78 is 4.64. The number of carbonyl (C=O) groups excluding carboxylic acids is 2. The summed E-state index contributed by atoms with van der Waals surface area (Å²) in [6.07, 6.45) is 1.29. The second kappa shape index (κ2) is 9.27. The summed E-state index contributed by atoms with van der Waals surface area (Å²) in [5.74, 6) is -1.31. The fourth-order valence-corrected chi connectivity index (χ4v) is 1.49. The molecule has 0 radical (unpaired) electrons. The van der Waals surface area contributed by atoms with Gasteiger partial charge in [0.25, 0.3) is 0 Å². The van der Waals surface area contributed by atoms with Crippen LogP contribution < -0.4 is 22.9 Å². The predicted octanol–water partition coefficient (Wildman–Crippen LogP) is -1.19. The van der Waals surface area contributed by atoms with Crippen LogP contribution in [0.3, 0.4) is 0 Å². The zero-order chi connectivity index (χ0) is 15.7. The molecule has 0 unspecified atom stereocenters. The van der Waals surface area contributed by atoms with Crippen LogP contribution in [0.2, 0.25) is 0 Å². The molecule has 0 aromatic carbocycles. The van der Waals surface area contributed by atoms with Gasteiger partial charge in [-0.2, -0.15) is 0 Å². The monoisotopic (exact) mass is 287 g/mol. The highest BCUT2D eigenvalue weighted by atomic mass is 16.6. The van der Waals surface area contributed by atoms with Gasteiger partial charge in [0.1, 0.15) is 12.1 Å². The molecular formula is C12H25N5O3. The number of esters is 2. The Labute approximate surface area is 118 Å². The molecule has 0 rings (SSSR count). The first-order valence-electron chi connectivity index (χ1n) is 6.56. The van der Waals surface area contributed by atoms with Crippen molar-refractivity contribution >= 4 is 17.9 Å². The third kappa shape index (κ3) is 8.44. The maximum Gasteiger partial charge on any atom is 0.330 e. The fourth-order valence-electron chi connectivity index (χ4n) is 1.49. The summed E-state index contributed by atoms with van der Waals surface area (Å²) >= 11 is 0. The van der Waals surface area contributed by atoms with E-state index in [2.05, 4.69) is 9.73 Å². The molecule has 0 bridgehead atoms. The van der Waals surface area contributed by atoms with E-state index in [1.165, 1.54) is 0 Å². The van der Waals surface area contributed by atoms with E-state index in [1.54, 1.807) is 0 Å². The smallest absolute Gasteiger partial charge is 0.330 e. The zero-order valence-electron chi connectivity index (χ0n) is 12.0. The minimum absolute atomic E-state index is 0.0176. The van der Waals surface area contributed by atoms with Crippen LogP contribution in [0, 0.1) is 5.92 Å². The van der Waals surface area contributed by atoms with Crippen molar-refractivity contribution in [3.05, 3.63) is 0 Å². The van der Waals surface area contributed by atoms with Gasteiger partial charge in [0, 0.05) is 6.54 Å². The lowest BCUT2D eigenvalue weighted by Gasteiger charge is -2.14.